The van der Waals surface area contributed by atoms with Crippen molar-refractivity contribution in [1.29, 1.82) is 0 Å². The Kier molecular flexibility index (Phi) is 3.67. The van der Waals surface area contributed by atoms with Gasteiger partial charge >= 0.3 is 6.36 Å². The van der Waals surface area contributed by atoms with Crippen molar-refractivity contribution in [2.45, 2.75) is 33.2 Å². The van der Waals surface area contributed by atoms with E-state index in [1.807, 2.05) is 13.8 Å². The van der Waals surface area contributed by atoms with Gasteiger partial charge in [-0.1, -0.05) is 0 Å². The van der Waals surface area contributed by atoms with Crippen molar-refractivity contribution in [1.82, 2.24) is 0 Å². The molecule has 0 radical (unpaired) electrons. The van der Waals surface area contributed by atoms with E-state index in [9.17, 15) is 13.2 Å². The maximum atomic E-state index is 12.0. The highest BCUT2D eigenvalue weighted by molar-refractivity contribution is 5.39. The molecule has 1 aromatic rings. The van der Waals surface area contributed by atoms with Gasteiger partial charge in [-0.25, -0.2) is 0 Å². The minimum Gasteiger partial charge on any atom is -0.491 e. The van der Waals surface area contributed by atoms with Gasteiger partial charge in [-0.2, -0.15) is 0 Å². The van der Waals surface area contributed by atoms with Crippen LogP contribution in [0.4, 0.5) is 13.2 Å². The third-order valence-corrected chi connectivity index (χ3v) is 1.74. The molecule has 0 heterocycles. The van der Waals surface area contributed by atoms with Gasteiger partial charge in [-0.15, -0.1) is 13.2 Å². The molecule has 0 aliphatic rings. The summed E-state index contributed by atoms with van der Waals surface area (Å²) in [6.45, 7) is 5.22. The molecule has 0 aromatic heterocycles. The molecule has 16 heavy (non-hydrogen) atoms. The molecule has 0 saturated heterocycles. The number of alkyl halides is 3. The molecule has 2 nitrogen and oxygen atoms in total. The predicted octanol–water partition coefficient (Wildman–Crippen LogP) is 3.68. The van der Waals surface area contributed by atoms with E-state index < -0.39 is 6.36 Å². The number of hydrogen-bond donors (Lipinski definition) is 0. The molecule has 0 amide bonds. The fraction of sp³-hybridized carbons (Fsp3) is 0.455. The largest absolute Gasteiger partial charge is 0.573 e. The topological polar surface area (TPSA) is 18.5 Å². The average molecular weight is 234 g/mol. The van der Waals surface area contributed by atoms with Gasteiger partial charge in [0.2, 0.25) is 0 Å². The Morgan fingerprint density at radius 2 is 1.81 bits per heavy atom. The lowest BCUT2D eigenvalue weighted by Gasteiger charge is -2.14. The summed E-state index contributed by atoms with van der Waals surface area (Å²) in [6, 6.07) is 4.22. The molecule has 5 heteroatoms. The van der Waals surface area contributed by atoms with E-state index in [1.54, 1.807) is 0 Å². The van der Waals surface area contributed by atoms with Crippen LogP contribution in [0, 0.1) is 6.92 Å². The highest BCUT2D eigenvalue weighted by atomic mass is 19.4. The van der Waals surface area contributed by atoms with Gasteiger partial charge < -0.3 is 9.47 Å². The number of halogens is 3. The molecule has 1 rings (SSSR count). The molecule has 0 aliphatic heterocycles. The van der Waals surface area contributed by atoms with Crippen molar-refractivity contribution in [3.63, 3.8) is 0 Å². The molecule has 0 N–H and O–H groups in total. The third kappa shape index (κ3) is 4.00. The van der Waals surface area contributed by atoms with Crippen molar-refractivity contribution in [2.75, 3.05) is 0 Å². The quantitative estimate of drug-likeness (QED) is 0.794. The van der Waals surface area contributed by atoms with Crippen LogP contribution in [0.2, 0.25) is 0 Å². The van der Waals surface area contributed by atoms with Gasteiger partial charge in [0.1, 0.15) is 11.5 Å². The first-order valence-corrected chi connectivity index (χ1v) is 4.81. The Morgan fingerprint density at radius 1 is 1.19 bits per heavy atom. The van der Waals surface area contributed by atoms with Gasteiger partial charge in [-0.3, -0.25) is 0 Å². The van der Waals surface area contributed by atoms with E-state index in [4.69, 9.17) is 4.74 Å². The number of hydrogen-bond acceptors (Lipinski definition) is 2. The summed E-state index contributed by atoms with van der Waals surface area (Å²) >= 11 is 0. The SMILES string of the molecule is Cc1cc(OC(C)C)ccc1OC(F)(F)F. The second-order valence-corrected chi connectivity index (χ2v) is 3.64. The first kappa shape index (κ1) is 12.7. The number of ether oxygens (including phenoxy) is 2. The van der Waals surface area contributed by atoms with Crippen LogP contribution < -0.4 is 9.47 Å². The van der Waals surface area contributed by atoms with Crippen molar-refractivity contribution < 1.29 is 22.6 Å². The molecular formula is C11H13F3O2. The monoisotopic (exact) mass is 234 g/mol. The van der Waals surface area contributed by atoms with Crippen LogP contribution >= 0.6 is 0 Å². The van der Waals surface area contributed by atoms with Crippen LogP contribution in [0.1, 0.15) is 19.4 Å². The Labute approximate surface area is 92.0 Å². The second kappa shape index (κ2) is 4.63. The zero-order chi connectivity index (χ0) is 12.3. The molecule has 0 unspecified atom stereocenters. The molecule has 0 saturated carbocycles. The minimum atomic E-state index is -4.66. The number of aryl methyl sites for hydroxylation is 1. The van der Waals surface area contributed by atoms with Crippen LogP contribution in [0.15, 0.2) is 18.2 Å². The van der Waals surface area contributed by atoms with E-state index in [0.717, 1.165) is 0 Å². The highest BCUT2D eigenvalue weighted by Gasteiger charge is 2.31. The summed E-state index contributed by atoms with van der Waals surface area (Å²) < 4.78 is 45.1. The fourth-order valence-corrected chi connectivity index (χ4v) is 1.21. The lowest BCUT2D eigenvalue weighted by Crippen LogP contribution is -2.17. The van der Waals surface area contributed by atoms with Crippen molar-refractivity contribution in [2.24, 2.45) is 0 Å². The molecule has 0 fully saturated rings. The van der Waals surface area contributed by atoms with Crippen LogP contribution in [0.3, 0.4) is 0 Å². The van der Waals surface area contributed by atoms with Crippen LogP contribution in [-0.4, -0.2) is 12.5 Å². The summed E-state index contributed by atoms with van der Waals surface area (Å²) in [4.78, 5) is 0. The van der Waals surface area contributed by atoms with E-state index >= 15 is 0 Å². The van der Waals surface area contributed by atoms with Crippen molar-refractivity contribution in [3.05, 3.63) is 23.8 Å². The van der Waals surface area contributed by atoms with Crippen LogP contribution in [0.5, 0.6) is 11.5 Å². The Hall–Kier alpha value is -1.39. The van der Waals surface area contributed by atoms with Gasteiger partial charge in [0.25, 0.3) is 0 Å². The lowest BCUT2D eigenvalue weighted by molar-refractivity contribution is -0.274. The molecule has 0 aliphatic carbocycles. The molecular weight excluding hydrogens is 221 g/mol. The van der Waals surface area contributed by atoms with Gasteiger partial charge in [-0.05, 0) is 44.5 Å². The summed E-state index contributed by atoms with van der Waals surface area (Å²) in [5, 5.41) is 0. The maximum Gasteiger partial charge on any atom is 0.573 e. The zero-order valence-corrected chi connectivity index (χ0v) is 9.26. The first-order chi connectivity index (χ1) is 7.28. The summed E-state index contributed by atoms with van der Waals surface area (Å²) in [7, 11) is 0. The van der Waals surface area contributed by atoms with Crippen molar-refractivity contribution >= 4 is 0 Å². The first-order valence-electron chi connectivity index (χ1n) is 4.81. The van der Waals surface area contributed by atoms with Gasteiger partial charge in [0.05, 0.1) is 6.10 Å². The summed E-state index contributed by atoms with van der Waals surface area (Å²) in [5.41, 5.74) is 0.385. The van der Waals surface area contributed by atoms with E-state index in [0.29, 0.717) is 11.3 Å². The minimum absolute atomic E-state index is 0.0196. The lowest BCUT2D eigenvalue weighted by atomic mass is 10.2. The molecule has 0 bridgehead atoms. The zero-order valence-electron chi connectivity index (χ0n) is 9.26. The maximum absolute atomic E-state index is 12.0. The Bertz CT molecular complexity index is 359. The molecule has 1 aromatic carbocycles. The number of rotatable bonds is 3. The van der Waals surface area contributed by atoms with E-state index in [2.05, 4.69) is 4.74 Å². The van der Waals surface area contributed by atoms with E-state index in [1.165, 1.54) is 25.1 Å². The smallest absolute Gasteiger partial charge is 0.491 e. The third-order valence-electron chi connectivity index (χ3n) is 1.74. The Morgan fingerprint density at radius 3 is 2.25 bits per heavy atom. The highest BCUT2D eigenvalue weighted by Crippen LogP contribution is 2.29. The Balaban J connectivity index is 2.83. The van der Waals surface area contributed by atoms with Gasteiger partial charge in [0.15, 0.2) is 0 Å². The second-order valence-electron chi connectivity index (χ2n) is 3.64. The van der Waals surface area contributed by atoms with Gasteiger partial charge in [0, 0.05) is 0 Å². The molecule has 0 spiro atoms. The van der Waals surface area contributed by atoms with E-state index in [-0.39, 0.29) is 11.9 Å². The fourth-order valence-electron chi connectivity index (χ4n) is 1.21. The summed E-state index contributed by atoms with van der Waals surface area (Å²) in [5.74, 6) is 0.325. The molecule has 90 valence electrons. The predicted molar refractivity (Wildman–Crippen MR) is 53.6 cm³/mol. The number of benzene rings is 1. The normalized spacial score (nSPS) is 11.7. The van der Waals surface area contributed by atoms with Crippen LogP contribution in [-0.2, 0) is 0 Å². The average Bonchev–Trinajstić information content (AvgIpc) is 2.06. The van der Waals surface area contributed by atoms with Crippen molar-refractivity contribution in [3.8, 4) is 11.5 Å². The molecule has 0 atom stereocenters. The summed E-state index contributed by atoms with van der Waals surface area (Å²) in [6.07, 6.45) is -4.68. The standard InChI is InChI=1S/C11H13F3O2/c1-7(2)15-9-4-5-10(8(3)6-9)16-11(12,13)14/h4-7H,1-3H3. The van der Waals surface area contributed by atoms with Crippen LogP contribution in [0.25, 0.3) is 0 Å².